The number of benzene rings is 1. The van der Waals surface area contributed by atoms with Crippen molar-refractivity contribution in [2.45, 2.75) is 44.8 Å². The number of aryl methyl sites for hydroxylation is 1. The SMILES string of the molecule is Cc1ccc(NCC2CCC(NC(=O)c3cc(C(F)(F)F)ccc3Cl)CC2)nc1. The van der Waals surface area contributed by atoms with Gasteiger partial charge in [0, 0.05) is 18.8 Å². The maximum Gasteiger partial charge on any atom is 0.416 e. The van der Waals surface area contributed by atoms with Crippen LogP contribution in [0.5, 0.6) is 0 Å². The van der Waals surface area contributed by atoms with E-state index in [1.54, 1.807) is 0 Å². The highest BCUT2D eigenvalue weighted by Crippen LogP contribution is 2.32. The molecule has 0 radical (unpaired) electrons. The smallest absolute Gasteiger partial charge is 0.370 e. The first-order chi connectivity index (χ1) is 13.7. The molecule has 0 aliphatic heterocycles. The third-order valence-electron chi connectivity index (χ3n) is 5.20. The Morgan fingerprint density at radius 1 is 1.17 bits per heavy atom. The average molecular weight is 426 g/mol. The molecule has 1 aliphatic carbocycles. The highest BCUT2D eigenvalue weighted by molar-refractivity contribution is 6.33. The van der Waals surface area contributed by atoms with Crippen molar-refractivity contribution >= 4 is 23.3 Å². The lowest BCUT2D eigenvalue weighted by molar-refractivity contribution is -0.137. The minimum Gasteiger partial charge on any atom is -0.370 e. The Hall–Kier alpha value is -2.28. The van der Waals surface area contributed by atoms with E-state index in [4.69, 9.17) is 11.6 Å². The molecule has 1 saturated carbocycles. The highest BCUT2D eigenvalue weighted by Gasteiger charge is 2.32. The van der Waals surface area contributed by atoms with Crippen LogP contribution in [0.3, 0.4) is 0 Å². The van der Waals surface area contributed by atoms with E-state index in [2.05, 4.69) is 15.6 Å². The van der Waals surface area contributed by atoms with Gasteiger partial charge < -0.3 is 10.6 Å². The number of nitrogens with zero attached hydrogens (tertiary/aromatic N) is 1. The maximum atomic E-state index is 12.9. The molecule has 156 valence electrons. The van der Waals surface area contributed by atoms with E-state index in [1.807, 2.05) is 25.3 Å². The van der Waals surface area contributed by atoms with E-state index < -0.39 is 17.6 Å². The van der Waals surface area contributed by atoms with Crippen molar-refractivity contribution in [3.05, 3.63) is 58.2 Å². The van der Waals surface area contributed by atoms with Crippen molar-refractivity contribution in [3.63, 3.8) is 0 Å². The summed E-state index contributed by atoms with van der Waals surface area (Å²) in [5.41, 5.74) is 0.0787. The van der Waals surface area contributed by atoms with Gasteiger partial charge in [-0.05, 0) is 68.4 Å². The molecule has 0 spiro atoms. The summed E-state index contributed by atoms with van der Waals surface area (Å²) >= 11 is 5.95. The number of amides is 1. The molecule has 3 rings (SSSR count). The van der Waals surface area contributed by atoms with Crippen LogP contribution in [-0.2, 0) is 6.18 Å². The van der Waals surface area contributed by atoms with Gasteiger partial charge in [0.15, 0.2) is 0 Å². The molecule has 4 nitrogen and oxygen atoms in total. The number of halogens is 4. The molecule has 1 fully saturated rings. The number of hydrogen-bond donors (Lipinski definition) is 2. The van der Waals surface area contributed by atoms with Crippen LogP contribution < -0.4 is 10.6 Å². The number of pyridine rings is 1. The number of nitrogens with one attached hydrogen (secondary N) is 2. The van der Waals surface area contributed by atoms with E-state index in [1.165, 1.54) is 0 Å². The summed E-state index contributed by atoms with van der Waals surface area (Å²) in [5, 5.41) is 6.17. The van der Waals surface area contributed by atoms with Crippen LogP contribution in [-0.4, -0.2) is 23.5 Å². The maximum absolute atomic E-state index is 12.9. The van der Waals surface area contributed by atoms with E-state index in [0.29, 0.717) is 5.92 Å². The molecule has 8 heteroatoms. The molecule has 1 amide bonds. The van der Waals surface area contributed by atoms with Gasteiger partial charge in [-0.15, -0.1) is 0 Å². The lowest BCUT2D eigenvalue weighted by Crippen LogP contribution is -2.38. The molecule has 2 N–H and O–H groups in total. The fraction of sp³-hybridized carbons (Fsp3) is 0.429. The van der Waals surface area contributed by atoms with Crippen LogP contribution in [0.2, 0.25) is 5.02 Å². The van der Waals surface area contributed by atoms with Gasteiger partial charge in [0.2, 0.25) is 0 Å². The Kier molecular flexibility index (Phi) is 6.67. The first-order valence-corrected chi connectivity index (χ1v) is 9.94. The summed E-state index contributed by atoms with van der Waals surface area (Å²) < 4.78 is 38.7. The van der Waals surface area contributed by atoms with Crippen molar-refractivity contribution in [2.24, 2.45) is 5.92 Å². The predicted molar refractivity (Wildman–Crippen MR) is 107 cm³/mol. The van der Waals surface area contributed by atoms with E-state index in [-0.39, 0.29) is 16.6 Å². The fourth-order valence-electron chi connectivity index (χ4n) is 3.47. The standard InChI is InChI=1S/C21H23ClF3N3O/c1-13-2-9-19(26-11-13)27-12-14-3-6-16(7-4-14)28-20(29)17-10-15(21(23,24)25)5-8-18(17)22/h2,5,8-11,14,16H,3-4,6-7,12H2,1H3,(H,26,27)(H,28,29). The molecule has 1 aromatic heterocycles. The van der Waals surface area contributed by atoms with E-state index in [0.717, 1.165) is 61.8 Å². The summed E-state index contributed by atoms with van der Waals surface area (Å²) in [6.07, 6.45) is 0.677. The molecule has 0 saturated heterocycles. The summed E-state index contributed by atoms with van der Waals surface area (Å²) in [6.45, 7) is 2.79. The molecule has 1 aromatic carbocycles. The number of hydrogen-bond acceptors (Lipinski definition) is 3. The van der Waals surface area contributed by atoms with Crippen LogP contribution in [0.25, 0.3) is 0 Å². The van der Waals surface area contributed by atoms with Crippen LogP contribution in [0.15, 0.2) is 36.5 Å². The zero-order valence-electron chi connectivity index (χ0n) is 16.0. The molecule has 0 atom stereocenters. The first kappa shape index (κ1) is 21.4. The largest absolute Gasteiger partial charge is 0.416 e. The zero-order valence-corrected chi connectivity index (χ0v) is 16.8. The van der Waals surface area contributed by atoms with Crippen molar-refractivity contribution in [3.8, 4) is 0 Å². The van der Waals surface area contributed by atoms with Gasteiger partial charge in [-0.1, -0.05) is 17.7 Å². The highest BCUT2D eigenvalue weighted by atomic mass is 35.5. The van der Waals surface area contributed by atoms with E-state index >= 15 is 0 Å². The number of carbonyl (C=O) groups excluding carboxylic acids is 1. The van der Waals surface area contributed by atoms with Gasteiger partial charge in [-0.3, -0.25) is 4.79 Å². The Bertz CT molecular complexity index is 847. The van der Waals surface area contributed by atoms with Crippen LogP contribution in [0, 0.1) is 12.8 Å². The average Bonchev–Trinajstić information content (AvgIpc) is 2.68. The number of anilines is 1. The van der Waals surface area contributed by atoms with Crippen LogP contribution in [0.4, 0.5) is 19.0 Å². The summed E-state index contributed by atoms with van der Waals surface area (Å²) in [4.78, 5) is 16.8. The molecular weight excluding hydrogens is 403 g/mol. The van der Waals surface area contributed by atoms with Crippen molar-refractivity contribution < 1.29 is 18.0 Å². The molecule has 0 unspecified atom stereocenters. The molecular formula is C21H23ClF3N3O. The second kappa shape index (κ2) is 9.03. The number of aromatic nitrogens is 1. The molecule has 0 bridgehead atoms. The normalized spacial score (nSPS) is 19.6. The summed E-state index contributed by atoms with van der Waals surface area (Å²) in [5.74, 6) is 0.736. The topological polar surface area (TPSA) is 54.0 Å². The second-order valence-electron chi connectivity index (χ2n) is 7.49. The Labute approximate surface area is 172 Å². The molecule has 29 heavy (non-hydrogen) atoms. The van der Waals surface area contributed by atoms with Gasteiger partial charge in [0.1, 0.15) is 5.82 Å². The number of carbonyl (C=O) groups is 1. The van der Waals surface area contributed by atoms with Gasteiger partial charge in [-0.25, -0.2) is 4.98 Å². The van der Waals surface area contributed by atoms with Crippen molar-refractivity contribution in [1.29, 1.82) is 0 Å². The molecule has 1 aliphatic rings. The zero-order chi connectivity index (χ0) is 21.0. The molecule has 1 heterocycles. The summed E-state index contributed by atoms with van der Waals surface area (Å²) in [6, 6.07) is 6.67. The van der Waals surface area contributed by atoms with E-state index in [9.17, 15) is 18.0 Å². The Balaban J connectivity index is 1.50. The minimum absolute atomic E-state index is 0.0129. The van der Waals surface area contributed by atoms with Crippen LogP contribution >= 0.6 is 11.6 Å². The summed E-state index contributed by atoms with van der Waals surface area (Å²) in [7, 11) is 0. The van der Waals surface area contributed by atoms with Crippen molar-refractivity contribution in [1.82, 2.24) is 10.3 Å². The predicted octanol–water partition coefficient (Wildman–Crippen LogP) is 5.46. The minimum atomic E-state index is -4.52. The lowest BCUT2D eigenvalue weighted by atomic mass is 9.86. The van der Waals surface area contributed by atoms with Gasteiger partial charge in [-0.2, -0.15) is 13.2 Å². The van der Waals surface area contributed by atoms with Gasteiger partial charge in [0.25, 0.3) is 5.91 Å². The monoisotopic (exact) mass is 425 g/mol. The van der Waals surface area contributed by atoms with Gasteiger partial charge >= 0.3 is 6.18 Å². The second-order valence-corrected chi connectivity index (χ2v) is 7.89. The Morgan fingerprint density at radius 3 is 2.52 bits per heavy atom. The Morgan fingerprint density at radius 2 is 1.90 bits per heavy atom. The van der Waals surface area contributed by atoms with Crippen molar-refractivity contribution in [2.75, 3.05) is 11.9 Å². The van der Waals surface area contributed by atoms with Crippen LogP contribution in [0.1, 0.15) is 47.2 Å². The fourth-order valence-corrected chi connectivity index (χ4v) is 3.67. The third-order valence-corrected chi connectivity index (χ3v) is 5.53. The van der Waals surface area contributed by atoms with Gasteiger partial charge in [0.05, 0.1) is 16.1 Å². The first-order valence-electron chi connectivity index (χ1n) is 9.56. The lowest BCUT2D eigenvalue weighted by Gasteiger charge is -2.29. The number of rotatable bonds is 5. The number of alkyl halides is 3. The molecule has 2 aromatic rings. The quantitative estimate of drug-likeness (QED) is 0.668. The third kappa shape index (κ3) is 5.85.